The van der Waals surface area contributed by atoms with Crippen molar-refractivity contribution in [2.45, 2.75) is 31.4 Å². The average Bonchev–Trinajstić information content (AvgIpc) is 3.21. The highest BCUT2D eigenvalue weighted by atomic mass is 19.4. The summed E-state index contributed by atoms with van der Waals surface area (Å²) in [4.78, 5) is 30.9. The summed E-state index contributed by atoms with van der Waals surface area (Å²) in [6, 6.07) is 13.6. The Bertz CT molecular complexity index is 1780. The molecule has 42 heavy (non-hydrogen) atoms. The van der Waals surface area contributed by atoms with E-state index < -0.39 is 47.0 Å². The number of H-pyrrole nitrogens is 1. The van der Waals surface area contributed by atoms with Crippen molar-refractivity contribution in [3.63, 3.8) is 0 Å². The molecule has 0 amide bonds. The lowest BCUT2D eigenvalue weighted by Crippen LogP contribution is -2.30. The minimum atomic E-state index is -5.07. The lowest BCUT2D eigenvalue weighted by molar-refractivity contribution is -0.143. The van der Waals surface area contributed by atoms with Crippen LogP contribution in [0.5, 0.6) is 0 Å². The zero-order chi connectivity index (χ0) is 30.4. The number of halogens is 6. The summed E-state index contributed by atoms with van der Waals surface area (Å²) in [5.41, 5.74) is -3.15. The van der Waals surface area contributed by atoms with E-state index in [4.69, 9.17) is 4.84 Å². The van der Waals surface area contributed by atoms with Crippen LogP contribution in [0.2, 0.25) is 0 Å². The van der Waals surface area contributed by atoms with Crippen LogP contribution in [0.4, 0.5) is 26.3 Å². The van der Waals surface area contributed by atoms with Gasteiger partial charge in [-0.1, -0.05) is 59.8 Å². The Morgan fingerprint density at radius 2 is 1.52 bits per heavy atom. The second-order valence-electron chi connectivity index (χ2n) is 9.63. The Morgan fingerprint density at radius 1 is 0.881 bits per heavy atom. The van der Waals surface area contributed by atoms with E-state index in [0.717, 1.165) is 14.8 Å². The molecule has 0 fully saturated rings. The molecule has 0 saturated carbocycles. The summed E-state index contributed by atoms with van der Waals surface area (Å²) in [5, 5.41) is 6.57. The third kappa shape index (κ3) is 5.41. The molecule has 0 saturated heterocycles. The van der Waals surface area contributed by atoms with Crippen LogP contribution in [0.1, 0.15) is 46.9 Å². The Kier molecular flexibility index (Phi) is 7.21. The molecule has 0 bridgehead atoms. The number of alkyl halides is 6. The van der Waals surface area contributed by atoms with Gasteiger partial charge in [-0.15, -0.1) is 0 Å². The van der Waals surface area contributed by atoms with Crippen molar-refractivity contribution in [1.29, 1.82) is 0 Å². The molecule has 1 heterocycles. The molecule has 3 aromatic carbocycles. The third-order valence-electron chi connectivity index (χ3n) is 6.90. The van der Waals surface area contributed by atoms with Gasteiger partial charge < -0.3 is 4.84 Å². The number of nitrogens with one attached hydrogen (secondary N) is 1. The predicted molar refractivity (Wildman–Crippen MR) is 142 cm³/mol. The number of aromatic nitrogens is 3. The number of benzene rings is 3. The van der Waals surface area contributed by atoms with Gasteiger partial charge >= 0.3 is 23.7 Å². The Hall–Kier alpha value is -4.81. The molecule has 0 unspecified atom stereocenters. The molecule has 0 radical (unpaired) electrons. The van der Waals surface area contributed by atoms with Gasteiger partial charge in [0.15, 0.2) is 6.10 Å². The zero-order valence-corrected chi connectivity index (χ0v) is 22.0. The van der Waals surface area contributed by atoms with Crippen molar-refractivity contribution in [3.05, 3.63) is 128 Å². The molecule has 2 atom stereocenters. The van der Waals surface area contributed by atoms with Gasteiger partial charge in [-0.3, -0.25) is 0 Å². The smallest absolute Gasteiger partial charge is 0.383 e. The number of rotatable bonds is 5. The molecule has 5 rings (SSSR count). The number of fused-ring (bicyclic) bond motifs is 1. The van der Waals surface area contributed by atoms with Crippen LogP contribution in [0, 0.1) is 0 Å². The molecule has 218 valence electrons. The number of aromatic amines is 1. The molecule has 1 aliphatic carbocycles. The molecule has 1 N–H and O–H groups in total. The van der Waals surface area contributed by atoms with Crippen molar-refractivity contribution in [2.24, 2.45) is 12.2 Å². The largest absolute Gasteiger partial charge is 0.416 e. The second kappa shape index (κ2) is 10.5. The summed E-state index contributed by atoms with van der Waals surface area (Å²) in [5.74, 6) is 0. The van der Waals surface area contributed by atoms with E-state index in [1.807, 2.05) is 30.3 Å². The van der Waals surface area contributed by atoms with E-state index >= 15 is 0 Å². The van der Waals surface area contributed by atoms with Gasteiger partial charge in [0.05, 0.1) is 22.9 Å². The fourth-order valence-electron chi connectivity index (χ4n) is 4.77. The van der Waals surface area contributed by atoms with Gasteiger partial charge in [0, 0.05) is 12.6 Å². The molecule has 13 heteroatoms. The maximum Gasteiger partial charge on any atom is 0.416 e. The zero-order valence-electron chi connectivity index (χ0n) is 22.0. The highest BCUT2D eigenvalue weighted by Crippen LogP contribution is 2.44. The minimum Gasteiger partial charge on any atom is -0.383 e. The maximum atomic E-state index is 13.7. The fourth-order valence-corrected chi connectivity index (χ4v) is 4.77. The third-order valence-corrected chi connectivity index (χ3v) is 6.90. The Balaban J connectivity index is 1.72. The van der Waals surface area contributed by atoms with E-state index in [1.54, 1.807) is 19.1 Å². The van der Waals surface area contributed by atoms with Gasteiger partial charge in [-0.05, 0) is 53.5 Å². The molecular formula is C29H22F6N4O3. The monoisotopic (exact) mass is 588 g/mol. The van der Waals surface area contributed by atoms with Crippen LogP contribution in [-0.2, 0) is 24.2 Å². The average molecular weight is 589 g/mol. The minimum absolute atomic E-state index is 0.0209. The van der Waals surface area contributed by atoms with Crippen LogP contribution in [0.3, 0.4) is 0 Å². The molecular weight excluding hydrogens is 566 g/mol. The van der Waals surface area contributed by atoms with Crippen molar-refractivity contribution < 1.29 is 31.2 Å². The standard InChI is InChI=1S/C29H22F6N4O3/c1-16(17-7-4-3-5-8-17)37-42-24-12-11-23(39-27(41)38(2)26(40)36-39)25-21(9-6-10-22(24)25)18-13-19(28(30,31)32)15-20(14-18)29(33,34)35/h3-15,23-24H,1-2H3,(H,36,40)/b37-16+/t23-,24+/m1/s1. The van der Waals surface area contributed by atoms with E-state index in [-0.39, 0.29) is 22.8 Å². The Morgan fingerprint density at radius 3 is 2.10 bits per heavy atom. The number of hydrogen-bond acceptors (Lipinski definition) is 4. The van der Waals surface area contributed by atoms with Crippen LogP contribution < -0.4 is 11.4 Å². The first-order valence-corrected chi connectivity index (χ1v) is 12.5. The lowest BCUT2D eigenvalue weighted by Gasteiger charge is -2.28. The summed E-state index contributed by atoms with van der Waals surface area (Å²) in [7, 11) is 1.23. The topological polar surface area (TPSA) is 81.4 Å². The summed E-state index contributed by atoms with van der Waals surface area (Å²) in [6.45, 7) is 1.71. The number of hydrogen-bond donors (Lipinski definition) is 1. The van der Waals surface area contributed by atoms with E-state index in [9.17, 15) is 35.9 Å². The van der Waals surface area contributed by atoms with Gasteiger partial charge in [0.25, 0.3) is 0 Å². The fraction of sp³-hybridized carbons (Fsp3) is 0.207. The summed E-state index contributed by atoms with van der Waals surface area (Å²) in [6.07, 6.45) is -8.04. The second-order valence-corrected chi connectivity index (χ2v) is 9.63. The molecule has 4 aromatic rings. The summed E-state index contributed by atoms with van der Waals surface area (Å²) >= 11 is 0. The van der Waals surface area contributed by atoms with Gasteiger partial charge in [-0.25, -0.2) is 23.9 Å². The van der Waals surface area contributed by atoms with Crippen molar-refractivity contribution in [1.82, 2.24) is 14.3 Å². The van der Waals surface area contributed by atoms with Crippen LogP contribution >= 0.6 is 0 Å². The first-order valence-electron chi connectivity index (χ1n) is 12.5. The van der Waals surface area contributed by atoms with Crippen molar-refractivity contribution in [2.75, 3.05) is 0 Å². The first kappa shape index (κ1) is 28.7. The highest BCUT2D eigenvalue weighted by molar-refractivity contribution is 5.98. The van der Waals surface area contributed by atoms with Gasteiger partial charge in [-0.2, -0.15) is 26.3 Å². The van der Waals surface area contributed by atoms with E-state index in [1.165, 1.54) is 25.3 Å². The van der Waals surface area contributed by atoms with Crippen LogP contribution in [0.25, 0.3) is 11.1 Å². The molecule has 7 nitrogen and oxygen atoms in total. The van der Waals surface area contributed by atoms with Crippen LogP contribution in [-0.4, -0.2) is 20.1 Å². The van der Waals surface area contributed by atoms with E-state index in [0.29, 0.717) is 23.4 Å². The molecule has 0 aliphatic heterocycles. The maximum absolute atomic E-state index is 13.7. The van der Waals surface area contributed by atoms with Crippen LogP contribution in [0.15, 0.2) is 93.6 Å². The number of oxime groups is 1. The highest BCUT2D eigenvalue weighted by Gasteiger charge is 2.38. The van der Waals surface area contributed by atoms with Gasteiger partial charge in [0.2, 0.25) is 0 Å². The first-order chi connectivity index (χ1) is 19.8. The van der Waals surface area contributed by atoms with Crippen molar-refractivity contribution >= 4 is 5.71 Å². The quantitative estimate of drug-likeness (QED) is 0.130. The number of nitrogens with zero attached hydrogens (tertiary/aromatic N) is 3. The molecule has 1 aliphatic rings. The van der Waals surface area contributed by atoms with E-state index in [2.05, 4.69) is 10.3 Å². The SMILES string of the molecule is C/C(=N\O[C@H]1C=C[C@@H](n2[nH]c(=O)n(C)c2=O)c2c(-c3cc(C(F)(F)F)cc(C(F)(F)F)c3)cccc21)c1ccccc1. The lowest BCUT2D eigenvalue weighted by atomic mass is 9.84. The molecule has 1 aromatic heterocycles. The molecule has 0 spiro atoms. The predicted octanol–water partition coefficient (Wildman–Crippen LogP) is 6.22. The normalized spacial score (nSPS) is 17.3. The van der Waals surface area contributed by atoms with Gasteiger partial charge in [0.1, 0.15) is 0 Å². The van der Waals surface area contributed by atoms with Crippen molar-refractivity contribution in [3.8, 4) is 11.1 Å². The summed E-state index contributed by atoms with van der Waals surface area (Å²) < 4.78 is 84.0. The Labute approximate surface area is 234 Å². The number of allylic oxidation sites excluding steroid dienone is 1.